The van der Waals surface area contributed by atoms with Gasteiger partial charge in [-0.1, -0.05) is 0 Å². The molecule has 5 nitrogen and oxygen atoms in total. The zero-order chi connectivity index (χ0) is 12.5. The van der Waals surface area contributed by atoms with Gasteiger partial charge in [-0.05, 0) is 13.8 Å². The third-order valence-electron chi connectivity index (χ3n) is 3.85. The first-order valence-electron chi connectivity index (χ1n) is 6.70. The maximum atomic E-state index is 5.70. The smallest absolute Gasteiger partial charge is 0.257 e. The molecule has 0 bridgehead atoms. The molecule has 98 valence electrons. The molecule has 2 aliphatic heterocycles. The monoisotopic (exact) mass is 248 g/mol. The minimum atomic E-state index is 0.499. The Hall–Kier alpha value is -1.36. The van der Waals surface area contributed by atoms with E-state index < -0.39 is 0 Å². The largest absolute Gasteiger partial charge is 0.475 e. The molecule has 1 fully saturated rings. The lowest BCUT2D eigenvalue weighted by Gasteiger charge is -2.42. The third kappa shape index (κ3) is 2.03. The van der Waals surface area contributed by atoms with Gasteiger partial charge in [-0.15, -0.1) is 0 Å². The molecule has 0 spiro atoms. The molecule has 5 heteroatoms. The highest BCUT2D eigenvalue weighted by Crippen LogP contribution is 2.30. The Bertz CT molecular complexity index is 423. The summed E-state index contributed by atoms with van der Waals surface area (Å²) in [5.74, 6) is 1.61. The van der Waals surface area contributed by atoms with Crippen molar-refractivity contribution < 1.29 is 4.74 Å². The van der Waals surface area contributed by atoms with Gasteiger partial charge in [-0.2, -0.15) is 0 Å². The number of fused-ring (bicyclic) bond motifs is 3. The quantitative estimate of drug-likeness (QED) is 0.746. The van der Waals surface area contributed by atoms with Crippen molar-refractivity contribution in [2.75, 3.05) is 31.1 Å². The molecular formula is C13H20N4O. The van der Waals surface area contributed by atoms with E-state index in [-0.39, 0.29) is 0 Å². The van der Waals surface area contributed by atoms with E-state index >= 15 is 0 Å². The van der Waals surface area contributed by atoms with Gasteiger partial charge in [0.05, 0.1) is 6.61 Å². The SMILES string of the molecule is CC(C)N1CCN2c3nccnc3OCC[C@H]2C1. The second-order valence-corrected chi connectivity index (χ2v) is 5.26. The number of anilines is 1. The first kappa shape index (κ1) is 11.7. The zero-order valence-corrected chi connectivity index (χ0v) is 11.0. The van der Waals surface area contributed by atoms with Gasteiger partial charge >= 0.3 is 0 Å². The van der Waals surface area contributed by atoms with Crippen molar-refractivity contribution in [3.63, 3.8) is 0 Å². The number of aromatic nitrogens is 2. The normalized spacial score (nSPS) is 24.2. The second-order valence-electron chi connectivity index (χ2n) is 5.26. The summed E-state index contributed by atoms with van der Waals surface area (Å²) in [6, 6.07) is 1.11. The summed E-state index contributed by atoms with van der Waals surface area (Å²) in [6.45, 7) is 8.45. The molecule has 0 amide bonds. The molecule has 1 atom stereocenters. The van der Waals surface area contributed by atoms with Gasteiger partial charge in [-0.25, -0.2) is 9.97 Å². The molecule has 1 aromatic rings. The average Bonchev–Trinajstić information content (AvgIpc) is 2.57. The fourth-order valence-electron chi connectivity index (χ4n) is 2.78. The Kier molecular flexibility index (Phi) is 3.07. The molecule has 0 radical (unpaired) electrons. The highest BCUT2D eigenvalue weighted by atomic mass is 16.5. The number of hydrogen-bond donors (Lipinski definition) is 0. The molecule has 2 aliphatic rings. The Balaban J connectivity index is 1.86. The van der Waals surface area contributed by atoms with Crippen molar-refractivity contribution in [1.29, 1.82) is 0 Å². The van der Waals surface area contributed by atoms with Crippen LogP contribution < -0.4 is 9.64 Å². The van der Waals surface area contributed by atoms with E-state index in [1.165, 1.54) is 0 Å². The molecule has 0 aromatic carbocycles. The fourth-order valence-corrected chi connectivity index (χ4v) is 2.78. The molecule has 18 heavy (non-hydrogen) atoms. The van der Waals surface area contributed by atoms with Crippen molar-refractivity contribution >= 4 is 5.82 Å². The predicted octanol–water partition coefficient (Wildman–Crippen LogP) is 1.16. The Morgan fingerprint density at radius 3 is 2.94 bits per heavy atom. The van der Waals surface area contributed by atoms with Crippen LogP contribution >= 0.6 is 0 Å². The number of rotatable bonds is 1. The maximum Gasteiger partial charge on any atom is 0.257 e. The first-order valence-corrected chi connectivity index (χ1v) is 6.70. The van der Waals surface area contributed by atoms with Crippen LogP contribution in [0.15, 0.2) is 12.4 Å². The highest BCUT2D eigenvalue weighted by Gasteiger charge is 2.32. The molecule has 0 N–H and O–H groups in total. The Morgan fingerprint density at radius 1 is 1.28 bits per heavy atom. The van der Waals surface area contributed by atoms with Gasteiger partial charge in [0.2, 0.25) is 0 Å². The van der Waals surface area contributed by atoms with Crippen LogP contribution in [0.5, 0.6) is 5.88 Å². The van der Waals surface area contributed by atoms with Gasteiger partial charge in [0, 0.05) is 50.5 Å². The van der Waals surface area contributed by atoms with Crippen molar-refractivity contribution in [2.24, 2.45) is 0 Å². The lowest BCUT2D eigenvalue weighted by atomic mass is 10.1. The molecule has 0 unspecified atom stereocenters. The van der Waals surface area contributed by atoms with E-state index in [4.69, 9.17) is 4.74 Å². The van der Waals surface area contributed by atoms with E-state index in [1.807, 2.05) is 0 Å². The predicted molar refractivity (Wildman–Crippen MR) is 70.0 cm³/mol. The van der Waals surface area contributed by atoms with Gasteiger partial charge in [0.25, 0.3) is 5.88 Å². The van der Waals surface area contributed by atoms with E-state index in [1.54, 1.807) is 12.4 Å². The molecule has 3 rings (SSSR count). The summed E-state index contributed by atoms with van der Waals surface area (Å²) in [7, 11) is 0. The van der Waals surface area contributed by atoms with E-state index in [0.717, 1.165) is 38.5 Å². The molecular weight excluding hydrogens is 228 g/mol. The summed E-state index contributed by atoms with van der Waals surface area (Å²) < 4.78 is 5.70. The topological polar surface area (TPSA) is 41.5 Å². The van der Waals surface area contributed by atoms with Gasteiger partial charge in [0.1, 0.15) is 0 Å². The number of nitrogens with zero attached hydrogens (tertiary/aromatic N) is 4. The minimum Gasteiger partial charge on any atom is -0.475 e. The van der Waals surface area contributed by atoms with Crippen molar-refractivity contribution in [3.8, 4) is 5.88 Å². The number of ether oxygens (including phenoxy) is 1. The van der Waals surface area contributed by atoms with Crippen LogP contribution in [-0.4, -0.2) is 53.2 Å². The van der Waals surface area contributed by atoms with Crippen molar-refractivity contribution in [2.45, 2.75) is 32.4 Å². The van der Waals surface area contributed by atoms with Crippen LogP contribution in [0.4, 0.5) is 5.82 Å². The second kappa shape index (κ2) is 4.72. The molecule has 1 aromatic heterocycles. The van der Waals surface area contributed by atoms with Crippen molar-refractivity contribution in [1.82, 2.24) is 14.9 Å². The van der Waals surface area contributed by atoms with Crippen LogP contribution in [0.2, 0.25) is 0 Å². The van der Waals surface area contributed by atoms with Crippen LogP contribution in [0.3, 0.4) is 0 Å². The molecule has 0 saturated carbocycles. The number of hydrogen-bond acceptors (Lipinski definition) is 5. The average molecular weight is 248 g/mol. The maximum absolute atomic E-state index is 5.70. The fraction of sp³-hybridized carbons (Fsp3) is 0.692. The summed E-state index contributed by atoms with van der Waals surface area (Å²) in [6.07, 6.45) is 4.49. The van der Waals surface area contributed by atoms with Crippen LogP contribution in [0.25, 0.3) is 0 Å². The third-order valence-corrected chi connectivity index (χ3v) is 3.85. The summed E-state index contributed by atoms with van der Waals surface area (Å²) in [5.41, 5.74) is 0. The summed E-state index contributed by atoms with van der Waals surface area (Å²) in [4.78, 5) is 13.6. The Morgan fingerprint density at radius 2 is 2.11 bits per heavy atom. The molecule has 0 aliphatic carbocycles. The Labute approximate surface area is 108 Å². The minimum absolute atomic E-state index is 0.499. The lowest BCUT2D eigenvalue weighted by molar-refractivity contribution is 0.172. The number of piperazine rings is 1. The van der Waals surface area contributed by atoms with E-state index in [2.05, 4.69) is 33.6 Å². The van der Waals surface area contributed by atoms with E-state index in [9.17, 15) is 0 Å². The molecule has 3 heterocycles. The van der Waals surface area contributed by atoms with Gasteiger partial charge < -0.3 is 9.64 Å². The standard InChI is InChI=1S/C13H20N4O/c1-10(2)16-6-7-17-11(9-16)3-8-18-13-12(17)14-4-5-15-13/h4-5,10-11H,3,6-9H2,1-2H3/t11-/m0/s1. The lowest BCUT2D eigenvalue weighted by Crippen LogP contribution is -2.55. The van der Waals surface area contributed by atoms with Crippen molar-refractivity contribution in [3.05, 3.63) is 12.4 Å². The zero-order valence-electron chi connectivity index (χ0n) is 11.0. The van der Waals surface area contributed by atoms with Crippen LogP contribution in [-0.2, 0) is 0 Å². The summed E-state index contributed by atoms with van der Waals surface area (Å²) in [5, 5.41) is 0. The van der Waals surface area contributed by atoms with E-state index in [0.29, 0.717) is 18.0 Å². The van der Waals surface area contributed by atoms with Gasteiger partial charge in [-0.3, -0.25) is 4.90 Å². The molecule has 1 saturated heterocycles. The van der Waals surface area contributed by atoms with Crippen LogP contribution in [0.1, 0.15) is 20.3 Å². The first-order chi connectivity index (χ1) is 8.75. The van der Waals surface area contributed by atoms with Crippen LogP contribution in [0, 0.1) is 0 Å². The van der Waals surface area contributed by atoms with Gasteiger partial charge in [0.15, 0.2) is 5.82 Å². The summed E-state index contributed by atoms with van der Waals surface area (Å²) >= 11 is 0. The highest BCUT2D eigenvalue weighted by molar-refractivity contribution is 5.50.